The van der Waals surface area contributed by atoms with E-state index in [-0.39, 0.29) is 43.9 Å². The SMILES string of the molecule is COCC(=O)N1CCN(Cc2ccc(OC)c(OCCCN3CCCCCC3=O)c2)C[C@@](O)(COc2ccc(F)c(F)c2)C1. The smallest absolute Gasteiger partial charge is 0.248 e. The summed E-state index contributed by atoms with van der Waals surface area (Å²) in [6.07, 6.45) is 4.37. The van der Waals surface area contributed by atoms with Crippen LogP contribution in [-0.4, -0.2) is 111 Å². The Labute approximate surface area is 257 Å². The molecule has 0 aliphatic carbocycles. The molecule has 0 unspecified atom stereocenters. The standard InChI is InChI=1S/C32H43F2N3O7/c1-41-20-31(39)37-15-14-35(21-32(40,22-37)23-44-25-9-10-26(33)27(34)18-25)19-24-8-11-28(42-2)29(17-24)43-16-6-13-36-12-5-3-4-7-30(36)38/h8-11,17-18,40H,3-7,12-16,19-23H2,1-2H3/t32-/m0/s1. The number of carbonyl (C=O) groups excluding carboxylic acids is 2. The number of carbonyl (C=O) groups is 2. The molecule has 0 radical (unpaired) electrons. The van der Waals surface area contributed by atoms with E-state index < -0.39 is 17.2 Å². The Balaban J connectivity index is 1.42. The summed E-state index contributed by atoms with van der Waals surface area (Å²) in [5.74, 6) is -0.885. The lowest BCUT2D eigenvalue weighted by molar-refractivity contribution is -0.138. The van der Waals surface area contributed by atoms with Gasteiger partial charge in [-0.05, 0) is 49.1 Å². The maximum Gasteiger partial charge on any atom is 0.248 e. The van der Waals surface area contributed by atoms with Crippen molar-refractivity contribution in [2.24, 2.45) is 0 Å². The number of rotatable bonds is 13. The number of likely N-dealkylation sites (tertiary alicyclic amines) is 1. The Bertz CT molecular complexity index is 1270. The van der Waals surface area contributed by atoms with Gasteiger partial charge in [-0.15, -0.1) is 0 Å². The van der Waals surface area contributed by atoms with E-state index in [1.165, 1.54) is 18.1 Å². The minimum Gasteiger partial charge on any atom is -0.493 e. The van der Waals surface area contributed by atoms with E-state index in [0.29, 0.717) is 57.1 Å². The Morgan fingerprint density at radius 1 is 0.955 bits per heavy atom. The van der Waals surface area contributed by atoms with Crippen LogP contribution >= 0.6 is 0 Å². The summed E-state index contributed by atoms with van der Waals surface area (Å²) < 4.78 is 49.4. The van der Waals surface area contributed by atoms with Gasteiger partial charge in [-0.1, -0.05) is 12.5 Å². The maximum absolute atomic E-state index is 13.7. The molecule has 10 nitrogen and oxygen atoms in total. The lowest BCUT2D eigenvalue weighted by atomic mass is 10.0. The van der Waals surface area contributed by atoms with Gasteiger partial charge in [0.2, 0.25) is 11.8 Å². The van der Waals surface area contributed by atoms with Crippen LogP contribution in [0, 0.1) is 11.6 Å². The zero-order valence-corrected chi connectivity index (χ0v) is 25.6. The molecule has 2 heterocycles. The number of hydrogen-bond acceptors (Lipinski definition) is 8. The van der Waals surface area contributed by atoms with Crippen molar-refractivity contribution in [3.05, 3.63) is 53.6 Å². The van der Waals surface area contributed by atoms with Crippen molar-refractivity contribution < 1.29 is 42.4 Å². The fraction of sp³-hybridized carbons (Fsp3) is 0.562. The predicted molar refractivity (Wildman–Crippen MR) is 159 cm³/mol. The number of ether oxygens (including phenoxy) is 4. The molecule has 0 spiro atoms. The monoisotopic (exact) mass is 619 g/mol. The fourth-order valence-corrected chi connectivity index (χ4v) is 5.58. The third kappa shape index (κ3) is 9.51. The van der Waals surface area contributed by atoms with E-state index in [0.717, 1.165) is 43.5 Å². The summed E-state index contributed by atoms with van der Waals surface area (Å²) in [6, 6.07) is 8.80. The van der Waals surface area contributed by atoms with Gasteiger partial charge in [-0.25, -0.2) is 8.78 Å². The molecule has 2 saturated heterocycles. The third-order valence-electron chi connectivity index (χ3n) is 7.84. The van der Waals surface area contributed by atoms with Crippen LogP contribution in [0.5, 0.6) is 17.2 Å². The third-order valence-corrected chi connectivity index (χ3v) is 7.84. The second-order valence-electron chi connectivity index (χ2n) is 11.4. The molecule has 0 aromatic heterocycles. The van der Waals surface area contributed by atoms with Crippen molar-refractivity contribution in [2.45, 2.75) is 44.2 Å². The highest BCUT2D eigenvalue weighted by atomic mass is 19.2. The van der Waals surface area contributed by atoms with Gasteiger partial charge in [0.25, 0.3) is 0 Å². The van der Waals surface area contributed by atoms with Crippen LogP contribution < -0.4 is 14.2 Å². The lowest BCUT2D eigenvalue weighted by Crippen LogP contribution is -2.52. The van der Waals surface area contributed by atoms with Crippen molar-refractivity contribution in [1.29, 1.82) is 0 Å². The molecule has 4 rings (SSSR count). The average molecular weight is 620 g/mol. The van der Waals surface area contributed by atoms with Crippen LogP contribution in [0.25, 0.3) is 0 Å². The first-order chi connectivity index (χ1) is 21.2. The first-order valence-electron chi connectivity index (χ1n) is 15.1. The molecule has 242 valence electrons. The molecule has 0 bridgehead atoms. The van der Waals surface area contributed by atoms with E-state index in [4.69, 9.17) is 18.9 Å². The zero-order valence-electron chi connectivity index (χ0n) is 25.6. The van der Waals surface area contributed by atoms with Crippen molar-refractivity contribution in [1.82, 2.24) is 14.7 Å². The van der Waals surface area contributed by atoms with E-state index in [1.807, 2.05) is 28.0 Å². The number of β-amino-alcohol motifs (C(OH)–C–C–N with tert-alkyl or cyclic N) is 1. The molecule has 1 N–H and O–H groups in total. The van der Waals surface area contributed by atoms with Gasteiger partial charge >= 0.3 is 0 Å². The maximum atomic E-state index is 13.7. The summed E-state index contributed by atoms with van der Waals surface area (Å²) in [6.45, 7) is 2.86. The molecule has 2 fully saturated rings. The Hall–Kier alpha value is -3.48. The molecule has 1 atom stereocenters. The summed E-state index contributed by atoms with van der Waals surface area (Å²) in [7, 11) is 3.00. The highest BCUT2D eigenvalue weighted by molar-refractivity contribution is 5.77. The molecular weight excluding hydrogens is 576 g/mol. The first-order valence-corrected chi connectivity index (χ1v) is 15.1. The van der Waals surface area contributed by atoms with Gasteiger partial charge in [-0.2, -0.15) is 0 Å². The fourth-order valence-electron chi connectivity index (χ4n) is 5.58. The summed E-state index contributed by atoms with van der Waals surface area (Å²) in [5, 5.41) is 11.7. The van der Waals surface area contributed by atoms with Gasteiger partial charge in [0.1, 0.15) is 24.6 Å². The number of aliphatic hydroxyl groups is 1. The highest BCUT2D eigenvalue weighted by Gasteiger charge is 2.37. The van der Waals surface area contributed by atoms with Gasteiger partial charge in [0.05, 0.1) is 20.3 Å². The topological polar surface area (TPSA) is 101 Å². The van der Waals surface area contributed by atoms with Crippen LogP contribution in [0.1, 0.15) is 37.7 Å². The van der Waals surface area contributed by atoms with Gasteiger partial charge in [-0.3, -0.25) is 14.5 Å². The van der Waals surface area contributed by atoms with Crippen molar-refractivity contribution in [3.63, 3.8) is 0 Å². The van der Waals surface area contributed by atoms with Crippen LogP contribution in [0.15, 0.2) is 36.4 Å². The van der Waals surface area contributed by atoms with E-state index in [1.54, 1.807) is 7.11 Å². The number of halogens is 2. The molecule has 12 heteroatoms. The van der Waals surface area contributed by atoms with Gasteiger partial charge in [0, 0.05) is 58.9 Å². The van der Waals surface area contributed by atoms with Gasteiger partial charge < -0.3 is 33.9 Å². The average Bonchev–Trinajstić information content (AvgIpc) is 3.31. The Morgan fingerprint density at radius 2 is 1.80 bits per heavy atom. The Kier molecular flexibility index (Phi) is 12.2. The Morgan fingerprint density at radius 3 is 2.57 bits per heavy atom. The molecular formula is C32H43F2N3O7. The second kappa shape index (κ2) is 16.0. The molecule has 2 amide bonds. The number of nitrogens with zero attached hydrogens (tertiary/aromatic N) is 3. The molecule has 2 aromatic rings. The second-order valence-corrected chi connectivity index (χ2v) is 11.4. The van der Waals surface area contributed by atoms with Crippen LogP contribution in [0.4, 0.5) is 8.78 Å². The number of benzene rings is 2. The molecule has 0 saturated carbocycles. The predicted octanol–water partition coefficient (Wildman–Crippen LogP) is 3.25. The normalized spacial score (nSPS) is 19.8. The summed E-state index contributed by atoms with van der Waals surface area (Å²) in [4.78, 5) is 30.5. The first kappa shape index (κ1) is 33.4. The summed E-state index contributed by atoms with van der Waals surface area (Å²) >= 11 is 0. The van der Waals surface area contributed by atoms with Crippen molar-refractivity contribution >= 4 is 11.8 Å². The largest absolute Gasteiger partial charge is 0.493 e. The van der Waals surface area contributed by atoms with E-state index in [9.17, 15) is 23.5 Å². The van der Waals surface area contributed by atoms with E-state index >= 15 is 0 Å². The van der Waals surface area contributed by atoms with E-state index in [2.05, 4.69) is 0 Å². The van der Waals surface area contributed by atoms with Crippen LogP contribution in [0.3, 0.4) is 0 Å². The number of hydrogen-bond donors (Lipinski definition) is 1. The number of methoxy groups -OCH3 is 2. The quantitative estimate of drug-likeness (QED) is 0.341. The summed E-state index contributed by atoms with van der Waals surface area (Å²) in [5.41, 5.74) is -0.606. The van der Waals surface area contributed by atoms with Gasteiger partial charge in [0.15, 0.2) is 23.1 Å². The lowest BCUT2D eigenvalue weighted by Gasteiger charge is -2.33. The number of amides is 2. The minimum absolute atomic E-state index is 0.0220. The zero-order chi connectivity index (χ0) is 31.5. The highest BCUT2D eigenvalue weighted by Crippen LogP contribution is 2.30. The van der Waals surface area contributed by atoms with Crippen LogP contribution in [0.2, 0.25) is 0 Å². The van der Waals surface area contributed by atoms with Crippen LogP contribution in [-0.2, 0) is 20.9 Å². The molecule has 2 aliphatic rings. The minimum atomic E-state index is -1.51. The molecule has 2 aromatic carbocycles. The molecule has 2 aliphatic heterocycles. The van der Waals surface area contributed by atoms with Crippen molar-refractivity contribution in [2.75, 3.05) is 73.3 Å². The van der Waals surface area contributed by atoms with Crippen molar-refractivity contribution in [3.8, 4) is 17.2 Å². The molecule has 44 heavy (non-hydrogen) atoms.